The Morgan fingerprint density at radius 2 is 1.84 bits per heavy atom. The molecule has 6 heteroatoms. The summed E-state index contributed by atoms with van der Waals surface area (Å²) in [7, 11) is 0. The minimum absolute atomic E-state index is 0.495. The number of guanidine groups is 1. The minimum atomic E-state index is -0.568. The monoisotopic (exact) mass is 354 g/mol. The van der Waals surface area contributed by atoms with Gasteiger partial charge in [-0.3, -0.25) is 9.89 Å². The average Bonchev–Trinajstić information content (AvgIpc) is 2.62. The first-order chi connectivity index (χ1) is 12.1. The smallest absolute Gasteiger partial charge is 0.191 e. The minimum Gasteiger partial charge on any atom is -0.388 e. The third-order valence-corrected chi connectivity index (χ3v) is 5.75. The van der Waals surface area contributed by atoms with Gasteiger partial charge in [0.15, 0.2) is 5.96 Å². The quantitative estimate of drug-likeness (QED) is 0.433. The summed E-state index contributed by atoms with van der Waals surface area (Å²) in [4.78, 5) is 7.20. The van der Waals surface area contributed by atoms with Crippen LogP contribution in [0.5, 0.6) is 0 Å². The van der Waals surface area contributed by atoms with Crippen LogP contribution in [0.1, 0.15) is 52.9 Å². The molecule has 1 saturated heterocycles. The second-order valence-corrected chi connectivity index (χ2v) is 7.45. The lowest BCUT2D eigenvalue weighted by atomic mass is 9.80. The van der Waals surface area contributed by atoms with E-state index in [0.29, 0.717) is 18.5 Å². The molecule has 0 aromatic rings. The van der Waals surface area contributed by atoms with Crippen LogP contribution in [0.25, 0.3) is 0 Å². The van der Waals surface area contributed by atoms with Crippen molar-refractivity contribution < 1.29 is 9.84 Å². The number of aliphatic hydroxyl groups is 1. The van der Waals surface area contributed by atoms with Crippen LogP contribution in [-0.4, -0.2) is 73.5 Å². The maximum atomic E-state index is 10.3. The predicted octanol–water partition coefficient (Wildman–Crippen LogP) is 1.59. The molecule has 0 aromatic heterocycles. The van der Waals surface area contributed by atoms with Gasteiger partial charge in [0, 0.05) is 32.2 Å². The molecule has 0 radical (unpaired) electrons. The summed E-state index contributed by atoms with van der Waals surface area (Å²) in [6, 6.07) is 0.495. The molecule has 6 nitrogen and oxygen atoms in total. The van der Waals surface area contributed by atoms with Crippen LogP contribution in [0.3, 0.4) is 0 Å². The van der Waals surface area contributed by atoms with Crippen molar-refractivity contribution in [3.63, 3.8) is 0 Å². The van der Waals surface area contributed by atoms with Gasteiger partial charge in [-0.05, 0) is 32.1 Å². The molecule has 1 heterocycles. The average molecular weight is 355 g/mol. The normalized spacial score (nSPS) is 22.5. The van der Waals surface area contributed by atoms with Crippen LogP contribution in [0.15, 0.2) is 4.99 Å². The summed E-state index contributed by atoms with van der Waals surface area (Å²) in [5.74, 6) is 1.50. The van der Waals surface area contributed by atoms with E-state index in [1.54, 1.807) is 0 Å². The van der Waals surface area contributed by atoms with E-state index >= 15 is 0 Å². The van der Waals surface area contributed by atoms with Crippen LogP contribution in [0.4, 0.5) is 0 Å². The summed E-state index contributed by atoms with van der Waals surface area (Å²) < 4.78 is 5.53. The van der Waals surface area contributed by atoms with E-state index in [1.807, 2.05) is 0 Å². The molecule has 3 N–H and O–H groups in total. The second kappa shape index (κ2) is 10.3. The van der Waals surface area contributed by atoms with E-state index in [2.05, 4.69) is 41.3 Å². The van der Waals surface area contributed by atoms with Crippen molar-refractivity contribution in [3.8, 4) is 0 Å². The van der Waals surface area contributed by atoms with Crippen molar-refractivity contribution in [2.75, 3.05) is 45.9 Å². The van der Waals surface area contributed by atoms with Gasteiger partial charge in [-0.1, -0.05) is 26.7 Å². The number of hydrogen-bond donors (Lipinski definition) is 3. The first-order valence-corrected chi connectivity index (χ1v) is 10.2. The molecule has 1 saturated carbocycles. The summed E-state index contributed by atoms with van der Waals surface area (Å²) >= 11 is 0. The van der Waals surface area contributed by atoms with Gasteiger partial charge in [-0.2, -0.15) is 0 Å². The van der Waals surface area contributed by atoms with Gasteiger partial charge in [0.1, 0.15) is 0 Å². The molecule has 1 unspecified atom stereocenters. The van der Waals surface area contributed by atoms with Gasteiger partial charge in [0.05, 0.1) is 25.4 Å². The van der Waals surface area contributed by atoms with Crippen LogP contribution in [-0.2, 0) is 4.74 Å². The molecule has 0 aromatic carbocycles. The Kier molecular flexibility index (Phi) is 8.46. The molecule has 2 fully saturated rings. The fourth-order valence-electron chi connectivity index (χ4n) is 3.85. The highest BCUT2D eigenvalue weighted by Crippen LogP contribution is 2.31. The molecule has 2 rings (SSSR count). The molecule has 146 valence electrons. The van der Waals surface area contributed by atoms with Crippen molar-refractivity contribution in [3.05, 3.63) is 0 Å². The Morgan fingerprint density at radius 3 is 2.36 bits per heavy atom. The summed E-state index contributed by atoms with van der Waals surface area (Å²) in [5.41, 5.74) is -0.568. The van der Waals surface area contributed by atoms with Crippen LogP contribution in [0, 0.1) is 5.92 Å². The van der Waals surface area contributed by atoms with Gasteiger partial charge < -0.3 is 20.5 Å². The molecule has 1 atom stereocenters. The highest BCUT2D eigenvalue weighted by molar-refractivity contribution is 5.79. The Balaban J connectivity index is 1.95. The Bertz CT molecular complexity index is 402. The van der Waals surface area contributed by atoms with Gasteiger partial charge in [0.25, 0.3) is 0 Å². The zero-order chi connectivity index (χ0) is 18.1. The van der Waals surface area contributed by atoms with Gasteiger partial charge in [-0.25, -0.2) is 0 Å². The maximum absolute atomic E-state index is 10.3. The van der Waals surface area contributed by atoms with E-state index in [0.717, 1.165) is 64.6 Å². The van der Waals surface area contributed by atoms with E-state index in [-0.39, 0.29) is 0 Å². The van der Waals surface area contributed by atoms with Crippen molar-refractivity contribution in [1.82, 2.24) is 15.5 Å². The first-order valence-electron chi connectivity index (χ1n) is 10.2. The van der Waals surface area contributed by atoms with E-state index < -0.39 is 5.60 Å². The SMILES string of the molecule is CCNC(=NCC1(O)CCC1)NCC(C(CC)CC)N1CCOCC1. The number of ether oxygens (including phenoxy) is 1. The van der Waals surface area contributed by atoms with Gasteiger partial charge >= 0.3 is 0 Å². The molecule has 2 aliphatic rings. The molecule has 0 spiro atoms. The zero-order valence-electron chi connectivity index (χ0n) is 16.4. The van der Waals surface area contributed by atoms with Crippen molar-refractivity contribution >= 4 is 5.96 Å². The van der Waals surface area contributed by atoms with Crippen molar-refractivity contribution in [2.45, 2.75) is 64.5 Å². The van der Waals surface area contributed by atoms with Crippen LogP contribution < -0.4 is 10.6 Å². The number of aliphatic imine (C=N–C) groups is 1. The fourth-order valence-corrected chi connectivity index (χ4v) is 3.85. The summed E-state index contributed by atoms with van der Waals surface area (Å²) in [5, 5.41) is 17.1. The molecular weight excluding hydrogens is 316 g/mol. The number of nitrogens with zero attached hydrogens (tertiary/aromatic N) is 2. The predicted molar refractivity (Wildman–Crippen MR) is 103 cm³/mol. The fraction of sp³-hybridized carbons (Fsp3) is 0.947. The summed E-state index contributed by atoms with van der Waals surface area (Å²) in [6.07, 6.45) is 5.24. The topological polar surface area (TPSA) is 69.1 Å². The lowest BCUT2D eigenvalue weighted by Crippen LogP contribution is -2.53. The highest BCUT2D eigenvalue weighted by atomic mass is 16.5. The van der Waals surface area contributed by atoms with Crippen LogP contribution >= 0.6 is 0 Å². The molecule has 1 aliphatic carbocycles. The molecule has 0 amide bonds. The lowest BCUT2D eigenvalue weighted by Gasteiger charge is -2.39. The van der Waals surface area contributed by atoms with Gasteiger partial charge in [-0.15, -0.1) is 0 Å². The largest absolute Gasteiger partial charge is 0.388 e. The van der Waals surface area contributed by atoms with E-state index in [9.17, 15) is 5.11 Å². The number of hydrogen-bond acceptors (Lipinski definition) is 4. The Morgan fingerprint density at radius 1 is 1.16 bits per heavy atom. The molecular formula is C19H38N4O2. The molecule has 25 heavy (non-hydrogen) atoms. The van der Waals surface area contributed by atoms with Crippen molar-refractivity contribution in [1.29, 1.82) is 0 Å². The third-order valence-electron chi connectivity index (χ3n) is 5.75. The maximum Gasteiger partial charge on any atom is 0.191 e. The van der Waals surface area contributed by atoms with E-state index in [1.165, 1.54) is 12.8 Å². The van der Waals surface area contributed by atoms with Crippen molar-refractivity contribution in [2.24, 2.45) is 10.9 Å². The van der Waals surface area contributed by atoms with Crippen LogP contribution in [0.2, 0.25) is 0 Å². The summed E-state index contributed by atoms with van der Waals surface area (Å²) in [6.45, 7) is 12.5. The molecule has 0 bridgehead atoms. The lowest BCUT2D eigenvalue weighted by molar-refractivity contribution is -0.0236. The first kappa shape index (κ1) is 20.5. The molecule has 1 aliphatic heterocycles. The third kappa shape index (κ3) is 6.12. The standard InChI is InChI=1S/C19H38N4O2/c1-4-16(5-2)17(23-10-12-25-13-11-23)14-21-18(20-6-3)22-15-19(24)8-7-9-19/h16-17,24H,4-15H2,1-3H3,(H2,20,21,22). The number of nitrogens with one attached hydrogen (secondary N) is 2. The Labute approximate surface area is 153 Å². The zero-order valence-corrected chi connectivity index (χ0v) is 16.4. The van der Waals surface area contributed by atoms with E-state index in [4.69, 9.17) is 4.74 Å². The highest BCUT2D eigenvalue weighted by Gasteiger charge is 2.34. The number of rotatable bonds is 9. The Hall–Kier alpha value is -0.850. The number of morpholine rings is 1. The van der Waals surface area contributed by atoms with Gasteiger partial charge in [0.2, 0.25) is 0 Å². The second-order valence-electron chi connectivity index (χ2n) is 7.45.